The van der Waals surface area contributed by atoms with E-state index < -0.39 is 0 Å². The van der Waals surface area contributed by atoms with E-state index in [9.17, 15) is 0 Å². The lowest BCUT2D eigenvalue weighted by molar-refractivity contribution is 0.314. The molecule has 0 bridgehead atoms. The Morgan fingerprint density at radius 2 is 2.18 bits per heavy atom. The molecule has 0 amide bonds. The first-order valence-corrected chi connectivity index (χ1v) is 4.52. The van der Waals surface area contributed by atoms with Crippen LogP contribution in [0.2, 0.25) is 0 Å². The first-order chi connectivity index (χ1) is 5.20. The SMILES string of the molecule is C=C1CCCC[C@H]1CN(C)C. The van der Waals surface area contributed by atoms with Gasteiger partial charge < -0.3 is 4.90 Å². The quantitative estimate of drug-likeness (QED) is 0.550. The smallest absolute Gasteiger partial charge is 0.00408 e. The zero-order chi connectivity index (χ0) is 8.27. The summed E-state index contributed by atoms with van der Waals surface area (Å²) in [6.45, 7) is 5.32. The Labute approximate surface area is 70.1 Å². The highest BCUT2D eigenvalue weighted by Gasteiger charge is 2.16. The second kappa shape index (κ2) is 3.91. The Morgan fingerprint density at radius 3 is 2.73 bits per heavy atom. The zero-order valence-electron chi connectivity index (χ0n) is 7.77. The molecule has 11 heavy (non-hydrogen) atoms. The van der Waals surface area contributed by atoms with E-state index in [0.717, 1.165) is 5.92 Å². The molecule has 1 rings (SSSR count). The van der Waals surface area contributed by atoms with Crippen molar-refractivity contribution in [1.82, 2.24) is 4.90 Å². The predicted molar refractivity (Wildman–Crippen MR) is 49.7 cm³/mol. The van der Waals surface area contributed by atoms with Crippen LogP contribution in [0, 0.1) is 5.92 Å². The van der Waals surface area contributed by atoms with E-state index in [1.54, 1.807) is 0 Å². The third-order valence-corrected chi connectivity index (χ3v) is 2.46. The highest BCUT2D eigenvalue weighted by atomic mass is 15.1. The maximum Gasteiger partial charge on any atom is 0.00408 e. The van der Waals surface area contributed by atoms with Gasteiger partial charge in [0, 0.05) is 6.54 Å². The summed E-state index contributed by atoms with van der Waals surface area (Å²) in [4.78, 5) is 2.27. The monoisotopic (exact) mass is 153 g/mol. The van der Waals surface area contributed by atoms with Crippen molar-refractivity contribution in [2.45, 2.75) is 25.7 Å². The van der Waals surface area contributed by atoms with E-state index in [1.807, 2.05) is 0 Å². The van der Waals surface area contributed by atoms with Crippen molar-refractivity contribution in [2.24, 2.45) is 5.92 Å². The predicted octanol–water partition coefficient (Wildman–Crippen LogP) is 2.29. The fourth-order valence-electron chi connectivity index (χ4n) is 1.81. The van der Waals surface area contributed by atoms with Crippen LogP contribution in [0.4, 0.5) is 0 Å². The minimum Gasteiger partial charge on any atom is -0.309 e. The lowest BCUT2D eigenvalue weighted by Crippen LogP contribution is -2.24. The molecule has 1 aliphatic rings. The van der Waals surface area contributed by atoms with Crippen molar-refractivity contribution in [3.8, 4) is 0 Å². The minimum atomic E-state index is 0.777. The van der Waals surface area contributed by atoms with Crippen LogP contribution in [-0.4, -0.2) is 25.5 Å². The van der Waals surface area contributed by atoms with Gasteiger partial charge in [-0.3, -0.25) is 0 Å². The Morgan fingerprint density at radius 1 is 1.45 bits per heavy atom. The van der Waals surface area contributed by atoms with Crippen molar-refractivity contribution < 1.29 is 0 Å². The topological polar surface area (TPSA) is 3.24 Å². The van der Waals surface area contributed by atoms with Crippen molar-refractivity contribution in [3.63, 3.8) is 0 Å². The van der Waals surface area contributed by atoms with Crippen LogP contribution in [0.15, 0.2) is 12.2 Å². The van der Waals surface area contributed by atoms with Crippen LogP contribution in [0.25, 0.3) is 0 Å². The summed E-state index contributed by atoms with van der Waals surface area (Å²) in [6, 6.07) is 0. The molecule has 0 aliphatic heterocycles. The Hall–Kier alpha value is -0.300. The Kier molecular flexibility index (Phi) is 3.13. The van der Waals surface area contributed by atoms with Gasteiger partial charge in [0.2, 0.25) is 0 Å². The number of hydrogen-bond donors (Lipinski definition) is 0. The summed E-state index contributed by atoms with van der Waals surface area (Å²) in [5.74, 6) is 0.777. The molecule has 0 aromatic carbocycles. The van der Waals surface area contributed by atoms with Gasteiger partial charge in [-0.25, -0.2) is 0 Å². The molecule has 1 nitrogen and oxygen atoms in total. The molecule has 1 saturated carbocycles. The van der Waals surface area contributed by atoms with E-state index in [0.29, 0.717) is 0 Å². The van der Waals surface area contributed by atoms with Gasteiger partial charge >= 0.3 is 0 Å². The second-order valence-corrected chi connectivity index (χ2v) is 3.86. The maximum atomic E-state index is 4.12. The molecule has 0 N–H and O–H groups in total. The van der Waals surface area contributed by atoms with Crippen LogP contribution in [0.1, 0.15) is 25.7 Å². The van der Waals surface area contributed by atoms with Crippen molar-refractivity contribution in [2.75, 3.05) is 20.6 Å². The Balaban J connectivity index is 2.36. The highest BCUT2D eigenvalue weighted by Crippen LogP contribution is 2.27. The van der Waals surface area contributed by atoms with Gasteiger partial charge in [-0.2, -0.15) is 0 Å². The lowest BCUT2D eigenvalue weighted by atomic mass is 9.85. The van der Waals surface area contributed by atoms with Gasteiger partial charge in [0.1, 0.15) is 0 Å². The van der Waals surface area contributed by atoms with E-state index in [2.05, 4.69) is 25.6 Å². The fourth-order valence-corrected chi connectivity index (χ4v) is 1.81. The highest BCUT2D eigenvalue weighted by molar-refractivity contribution is 5.03. The van der Waals surface area contributed by atoms with Gasteiger partial charge in [-0.05, 0) is 39.3 Å². The van der Waals surface area contributed by atoms with Crippen molar-refractivity contribution in [3.05, 3.63) is 12.2 Å². The molecule has 0 unspecified atom stereocenters. The minimum absolute atomic E-state index is 0.777. The molecule has 0 aromatic rings. The molecular formula is C10H19N. The summed E-state index contributed by atoms with van der Waals surface area (Å²) >= 11 is 0. The number of rotatable bonds is 2. The van der Waals surface area contributed by atoms with Crippen molar-refractivity contribution in [1.29, 1.82) is 0 Å². The standard InChI is InChI=1S/C10H19N/c1-9-6-4-5-7-10(9)8-11(2)3/h10H,1,4-8H2,2-3H3/t10-/m0/s1. The lowest BCUT2D eigenvalue weighted by Gasteiger charge is -2.26. The van der Waals surface area contributed by atoms with E-state index in [4.69, 9.17) is 0 Å². The zero-order valence-corrected chi connectivity index (χ0v) is 7.77. The summed E-state index contributed by atoms with van der Waals surface area (Å²) in [7, 11) is 4.28. The average Bonchev–Trinajstić information content (AvgIpc) is 1.93. The molecular weight excluding hydrogens is 134 g/mol. The molecule has 0 aromatic heterocycles. The number of hydrogen-bond acceptors (Lipinski definition) is 1. The van der Waals surface area contributed by atoms with Gasteiger partial charge in [-0.15, -0.1) is 0 Å². The van der Waals surface area contributed by atoms with Crippen LogP contribution in [0.5, 0.6) is 0 Å². The van der Waals surface area contributed by atoms with E-state index in [-0.39, 0.29) is 0 Å². The molecule has 0 saturated heterocycles. The normalized spacial score (nSPS) is 26.1. The molecule has 1 atom stereocenters. The molecule has 0 spiro atoms. The molecule has 64 valence electrons. The van der Waals surface area contributed by atoms with Crippen LogP contribution in [-0.2, 0) is 0 Å². The van der Waals surface area contributed by atoms with Crippen LogP contribution >= 0.6 is 0 Å². The first-order valence-electron chi connectivity index (χ1n) is 4.52. The van der Waals surface area contributed by atoms with Gasteiger partial charge in [0.15, 0.2) is 0 Å². The fraction of sp³-hybridized carbons (Fsp3) is 0.800. The van der Waals surface area contributed by atoms with Crippen molar-refractivity contribution >= 4 is 0 Å². The summed E-state index contributed by atoms with van der Waals surface area (Å²) < 4.78 is 0. The van der Waals surface area contributed by atoms with E-state index in [1.165, 1.54) is 37.8 Å². The molecule has 1 heteroatoms. The Bertz CT molecular complexity index is 138. The second-order valence-electron chi connectivity index (χ2n) is 3.86. The molecule has 0 heterocycles. The van der Waals surface area contributed by atoms with Crippen LogP contribution in [0.3, 0.4) is 0 Å². The third kappa shape index (κ3) is 2.66. The first kappa shape index (κ1) is 8.79. The molecule has 1 aliphatic carbocycles. The van der Waals surface area contributed by atoms with Crippen LogP contribution < -0.4 is 0 Å². The average molecular weight is 153 g/mol. The van der Waals surface area contributed by atoms with Gasteiger partial charge in [-0.1, -0.05) is 18.6 Å². The summed E-state index contributed by atoms with van der Waals surface area (Å²) in [5.41, 5.74) is 1.48. The number of nitrogens with zero attached hydrogens (tertiary/aromatic N) is 1. The summed E-state index contributed by atoms with van der Waals surface area (Å²) in [5, 5.41) is 0. The van der Waals surface area contributed by atoms with E-state index >= 15 is 0 Å². The third-order valence-electron chi connectivity index (χ3n) is 2.46. The summed E-state index contributed by atoms with van der Waals surface area (Å²) in [6.07, 6.45) is 5.38. The molecule has 1 fully saturated rings. The van der Waals surface area contributed by atoms with Gasteiger partial charge in [0.05, 0.1) is 0 Å². The van der Waals surface area contributed by atoms with Gasteiger partial charge in [0.25, 0.3) is 0 Å². The molecule has 0 radical (unpaired) electrons. The maximum absolute atomic E-state index is 4.12. The largest absolute Gasteiger partial charge is 0.309 e.